The first kappa shape index (κ1) is 13.0. The van der Waals surface area contributed by atoms with Gasteiger partial charge >= 0.3 is 5.97 Å². The summed E-state index contributed by atoms with van der Waals surface area (Å²) >= 11 is 0. The van der Waals surface area contributed by atoms with Gasteiger partial charge in [-0.3, -0.25) is 14.5 Å². The van der Waals surface area contributed by atoms with E-state index in [9.17, 15) is 14.4 Å². The molecule has 1 aromatic heterocycles. The van der Waals surface area contributed by atoms with E-state index in [2.05, 4.69) is 4.98 Å². The first-order valence-electron chi connectivity index (χ1n) is 6.27. The zero-order chi connectivity index (χ0) is 15.0. The second-order valence-electron chi connectivity index (χ2n) is 4.64. The second-order valence-corrected chi connectivity index (χ2v) is 4.64. The van der Waals surface area contributed by atoms with Crippen LogP contribution < -0.4 is 4.98 Å². The minimum Gasteiger partial charge on any atom is -0.473 e. The largest absolute Gasteiger partial charge is 0.473 e. The van der Waals surface area contributed by atoms with E-state index in [0.717, 1.165) is 4.90 Å². The molecule has 2 amide bonds. The van der Waals surface area contributed by atoms with Crippen molar-refractivity contribution in [2.45, 2.75) is 6.54 Å². The molecule has 0 unspecified atom stereocenters. The van der Waals surface area contributed by atoms with E-state index in [1.165, 1.54) is 6.07 Å². The number of hydrogen-bond donors (Lipinski definition) is 1. The number of carboxylic acid groups (broad SMARTS) is 1. The quantitative estimate of drug-likeness (QED) is 0.851. The van der Waals surface area contributed by atoms with Crippen LogP contribution in [-0.2, 0) is 6.54 Å². The Kier molecular flexibility index (Phi) is 2.98. The van der Waals surface area contributed by atoms with Gasteiger partial charge in [-0.1, -0.05) is 12.1 Å². The Balaban J connectivity index is 1.90. The maximum atomic E-state index is 12.2. The topological polar surface area (TPSA) is 88.8 Å². The average molecular weight is 283 g/mol. The number of rotatable bonds is 3. The highest BCUT2D eigenvalue weighted by Crippen LogP contribution is 2.23. The van der Waals surface area contributed by atoms with Crippen molar-refractivity contribution >= 4 is 17.8 Å². The molecule has 0 aliphatic carbocycles. The van der Waals surface area contributed by atoms with Gasteiger partial charge in [0.1, 0.15) is 6.54 Å². The molecule has 0 spiro atoms. The molecule has 1 aromatic carbocycles. The molecule has 21 heavy (non-hydrogen) atoms. The van der Waals surface area contributed by atoms with Crippen molar-refractivity contribution < 1.29 is 24.5 Å². The Morgan fingerprint density at radius 1 is 1.00 bits per heavy atom. The first-order valence-corrected chi connectivity index (χ1v) is 6.27. The second kappa shape index (κ2) is 4.82. The summed E-state index contributed by atoms with van der Waals surface area (Å²) in [5, 5.41) is 8.94. The third-order valence-corrected chi connectivity index (χ3v) is 3.29. The van der Waals surface area contributed by atoms with Gasteiger partial charge in [-0.15, -0.1) is 0 Å². The first-order chi connectivity index (χ1) is 10.1. The Bertz CT molecular complexity index is 735. The Hall–Kier alpha value is -3.02. The van der Waals surface area contributed by atoms with Crippen LogP contribution in [0, 0.1) is 0 Å². The Morgan fingerprint density at radius 3 is 2.19 bits per heavy atom. The highest BCUT2D eigenvalue weighted by Gasteiger charge is 2.36. The van der Waals surface area contributed by atoms with Gasteiger partial charge in [0.25, 0.3) is 17.5 Å². The predicted octanol–water partition coefficient (Wildman–Crippen LogP) is 0.995. The van der Waals surface area contributed by atoms with Gasteiger partial charge in [-0.05, 0) is 18.2 Å². The van der Waals surface area contributed by atoms with Crippen molar-refractivity contribution in [2.24, 2.45) is 0 Å². The van der Waals surface area contributed by atoms with Crippen LogP contribution in [0.25, 0.3) is 0 Å². The average Bonchev–Trinajstić information content (AvgIpc) is 2.73. The highest BCUT2D eigenvalue weighted by molar-refractivity contribution is 6.21. The number of aromatic nitrogens is 1. The molecular weight excluding hydrogens is 272 g/mol. The number of carboxylic acids is 1. The van der Waals surface area contributed by atoms with Crippen LogP contribution in [-0.4, -0.2) is 27.8 Å². The van der Waals surface area contributed by atoms with Crippen LogP contribution in [0.4, 0.5) is 0 Å². The van der Waals surface area contributed by atoms with Crippen LogP contribution in [0.15, 0.2) is 42.5 Å². The smallest absolute Gasteiger partial charge is 0.401 e. The molecule has 1 aliphatic rings. The van der Waals surface area contributed by atoms with Crippen molar-refractivity contribution in [3.63, 3.8) is 0 Å². The van der Waals surface area contributed by atoms with E-state index >= 15 is 0 Å². The number of imide groups is 1. The summed E-state index contributed by atoms with van der Waals surface area (Å²) in [5.41, 5.74) is 1.22. The van der Waals surface area contributed by atoms with Gasteiger partial charge in [0.15, 0.2) is 5.69 Å². The van der Waals surface area contributed by atoms with Crippen LogP contribution in [0.5, 0.6) is 0 Å². The number of carbonyl (C=O) groups excluding carboxylic acids is 2. The van der Waals surface area contributed by atoms with Crippen molar-refractivity contribution in [3.8, 4) is 0 Å². The summed E-state index contributed by atoms with van der Waals surface area (Å²) < 4.78 is 0. The summed E-state index contributed by atoms with van der Waals surface area (Å²) in [7, 11) is 0. The van der Waals surface area contributed by atoms with Gasteiger partial charge in [-0.25, -0.2) is 9.78 Å². The number of nitrogens with zero attached hydrogens (tertiary/aromatic N) is 1. The number of aromatic carboxylic acids is 1. The molecule has 0 saturated carbocycles. The maximum absolute atomic E-state index is 12.2. The molecule has 1 aliphatic heterocycles. The molecule has 0 fully saturated rings. The molecular formula is C15H11N2O4+. The third kappa shape index (κ3) is 2.16. The van der Waals surface area contributed by atoms with Crippen molar-refractivity contribution in [3.05, 3.63) is 65.0 Å². The molecule has 0 atom stereocenters. The summed E-state index contributed by atoms with van der Waals surface area (Å²) in [4.78, 5) is 39.1. The normalized spacial score (nSPS) is 13.4. The van der Waals surface area contributed by atoms with Gasteiger partial charge in [0.2, 0.25) is 0 Å². The molecule has 2 aromatic rings. The lowest BCUT2D eigenvalue weighted by Crippen LogP contribution is -2.33. The number of H-pyrrole nitrogens is 1. The summed E-state index contributed by atoms with van der Waals surface area (Å²) in [6, 6.07) is 11.2. The minimum absolute atomic E-state index is 0.00380. The number of carbonyl (C=O) groups is 3. The van der Waals surface area contributed by atoms with E-state index in [1.54, 1.807) is 36.4 Å². The molecule has 3 rings (SSSR count). The number of pyridine rings is 1. The third-order valence-electron chi connectivity index (χ3n) is 3.29. The monoisotopic (exact) mass is 283 g/mol. The zero-order valence-corrected chi connectivity index (χ0v) is 10.9. The lowest BCUT2D eigenvalue weighted by molar-refractivity contribution is -0.397. The molecule has 0 radical (unpaired) electrons. The fourth-order valence-electron chi connectivity index (χ4n) is 2.29. The number of hydrogen-bond acceptors (Lipinski definition) is 3. The number of nitrogens with one attached hydrogen (secondary N) is 1. The molecule has 2 N–H and O–H groups in total. The Morgan fingerprint density at radius 2 is 1.62 bits per heavy atom. The maximum Gasteiger partial charge on any atom is 0.401 e. The fourth-order valence-corrected chi connectivity index (χ4v) is 2.29. The number of aromatic amines is 1. The number of benzene rings is 1. The van der Waals surface area contributed by atoms with Crippen LogP contribution >= 0.6 is 0 Å². The molecule has 6 heteroatoms. The van der Waals surface area contributed by atoms with Crippen LogP contribution in [0.1, 0.15) is 36.9 Å². The standard InChI is InChI=1S/C15H10N2O4/c18-13-10-5-1-2-6-11(10)14(19)17(13)8-9-4-3-7-12(16-9)15(20)21/h1-7H,8H2,(H,20,21)/p+1. The predicted molar refractivity (Wildman–Crippen MR) is 70.6 cm³/mol. The van der Waals surface area contributed by atoms with E-state index < -0.39 is 5.97 Å². The van der Waals surface area contributed by atoms with Gasteiger partial charge < -0.3 is 5.11 Å². The molecule has 104 valence electrons. The van der Waals surface area contributed by atoms with E-state index in [-0.39, 0.29) is 24.1 Å². The summed E-state index contributed by atoms with van der Waals surface area (Å²) in [6.45, 7) is 0.00741. The van der Waals surface area contributed by atoms with Crippen molar-refractivity contribution in [2.75, 3.05) is 0 Å². The highest BCUT2D eigenvalue weighted by atomic mass is 16.4. The number of amides is 2. The molecule has 0 saturated heterocycles. The van der Waals surface area contributed by atoms with Crippen molar-refractivity contribution in [1.82, 2.24) is 4.90 Å². The summed E-state index contributed by atoms with van der Waals surface area (Å²) in [5.74, 6) is -1.84. The minimum atomic E-state index is -1.10. The van der Waals surface area contributed by atoms with Gasteiger partial charge in [0, 0.05) is 12.1 Å². The van der Waals surface area contributed by atoms with E-state index in [4.69, 9.17) is 5.11 Å². The van der Waals surface area contributed by atoms with E-state index in [1.807, 2.05) is 0 Å². The fraction of sp³-hybridized carbons (Fsp3) is 0.0667. The molecule has 2 heterocycles. The van der Waals surface area contributed by atoms with Gasteiger partial charge in [-0.2, -0.15) is 0 Å². The van der Waals surface area contributed by atoms with E-state index in [0.29, 0.717) is 16.8 Å². The SMILES string of the molecule is O=C(O)c1cccc(CN2C(=O)c3ccccc3C2=O)[nH+]1. The van der Waals surface area contributed by atoms with Crippen LogP contribution in [0.2, 0.25) is 0 Å². The molecule has 0 bridgehead atoms. The van der Waals surface area contributed by atoms with Crippen LogP contribution in [0.3, 0.4) is 0 Å². The summed E-state index contributed by atoms with van der Waals surface area (Å²) in [6.07, 6.45) is 0. The zero-order valence-electron chi connectivity index (χ0n) is 10.9. The lowest BCUT2D eigenvalue weighted by atomic mass is 10.1. The Labute approximate surface area is 119 Å². The molecule has 6 nitrogen and oxygen atoms in total. The number of fused-ring (bicyclic) bond motifs is 1. The van der Waals surface area contributed by atoms with Gasteiger partial charge in [0.05, 0.1) is 11.1 Å². The lowest BCUT2D eigenvalue weighted by Gasteiger charge is -2.10. The van der Waals surface area contributed by atoms with Crippen molar-refractivity contribution in [1.29, 1.82) is 0 Å².